The van der Waals surface area contributed by atoms with Crippen molar-refractivity contribution < 1.29 is 0 Å². The van der Waals surface area contributed by atoms with Gasteiger partial charge in [-0.3, -0.25) is 0 Å². The largest absolute Gasteiger partial charge is 0.325 e. The Balaban J connectivity index is 4.25. The second-order valence-electron chi connectivity index (χ2n) is 5.14. The van der Waals surface area contributed by atoms with E-state index in [1.54, 1.807) is 0 Å². The summed E-state index contributed by atoms with van der Waals surface area (Å²) in [6.45, 7) is 11.6. The van der Waals surface area contributed by atoms with Crippen molar-refractivity contribution in [1.29, 1.82) is 0 Å². The van der Waals surface area contributed by atoms with Crippen LogP contribution in [0.25, 0.3) is 0 Å². The summed E-state index contributed by atoms with van der Waals surface area (Å²) < 4.78 is 0. The molecule has 0 aliphatic carbocycles. The summed E-state index contributed by atoms with van der Waals surface area (Å²) in [5, 5.41) is 0. The van der Waals surface area contributed by atoms with Gasteiger partial charge in [0, 0.05) is 0 Å². The molecule has 0 aliphatic rings. The molecule has 0 saturated heterocycles. The third kappa shape index (κ3) is 7.95. The van der Waals surface area contributed by atoms with Crippen LogP contribution in [-0.4, -0.2) is 21.5 Å². The number of unbranched alkanes of at least 4 members (excludes halogenated alkanes) is 2. The molecule has 2 nitrogen and oxygen atoms in total. The Morgan fingerprint density at radius 2 is 1.06 bits per heavy atom. The van der Waals surface area contributed by atoms with E-state index in [0.717, 1.165) is 0 Å². The van der Waals surface area contributed by atoms with Gasteiger partial charge in [-0.2, -0.15) is 0 Å². The Morgan fingerprint density at radius 3 is 1.35 bits per heavy atom. The van der Waals surface area contributed by atoms with E-state index in [-0.39, 0.29) is 0 Å². The van der Waals surface area contributed by atoms with Crippen LogP contribution < -0.4 is 9.96 Å². The molecule has 0 fully saturated rings. The molecule has 0 amide bonds. The van der Waals surface area contributed by atoms with Crippen LogP contribution in [-0.2, 0) is 0 Å². The summed E-state index contributed by atoms with van der Waals surface area (Å²) in [4.78, 5) is 7.85. The average Bonchev–Trinajstić information content (AvgIpc) is 2.30. The summed E-state index contributed by atoms with van der Waals surface area (Å²) in [6, 6.07) is 2.77. The molecule has 0 heterocycles. The molecule has 0 unspecified atom stereocenters. The maximum atomic E-state index is 3.92. The molecule has 2 N–H and O–H groups in total. The molecule has 3 heteroatoms. The highest BCUT2D eigenvalue weighted by Crippen LogP contribution is 2.14. The van der Waals surface area contributed by atoms with E-state index >= 15 is 0 Å². The third-order valence-corrected chi connectivity index (χ3v) is 7.90. The van der Waals surface area contributed by atoms with E-state index in [4.69, 9.17) is 0 Å². The SMILES string of the molecule is CCCCN[Si](CCC)(CCC)NCCCC. The van der Waals surface area contributed by atoms with Gasteiger partial charge in [-0.25, -0.2) is 0 Å². The molecule has 0 aromatic rings. The van der Waals surface area contributed by atoms with Crippen LogP contribution in [0.15, 0.2) is 0 Å². The summed E-state index contributed by atoms with van der Waals surface area (Å²) in [7, 11) is -1.37. The lowest BCUT2D eigenvalue weighted by Crippen LogP contribution is -2.62. The zero-order valence-electron chi connectivity index (χ0n) is 12.6. The van der Waals surface area contributed by atoms with Gasteiger partial charge in [0.15, 0.2) is 0 Å². The van der Waals surface area contributed by atoms with Gasteiger partial charge in [0.05, 0.1) is 0 Å². The Hall–Kier alpha value is 0.137. The molecule has 0 aromatic carbocycles. The Morgan fingerprint density at radius 1 is 0.647 bits per heavy atom. The number of hydrogen-bond acceptors (Lipinski definition) is 2. The molecule has 0 rings (SSSR count). The van der Waals surface area contributed by atoms with Gasteiger partial charge >= 0.3 is 0 Å². The Bertz CT molecular complexity index is 144. The third-order valence-electron chi connectivity index (χ3n) is 3.34. The van der Waals surface area contributed by atoms with Crippen LogP contribution in [0.1, 0.15) is 66.2 Å². The second-order valence-corrected chi connectivity index (χ2v) is 9.01. The van der Waals surface area contributed by atoms with Crippen LogP contribution in [0.2, 0.25) is 12.1 Å². The van der Waals surface area contributed by atoms with Gasteiger partial charge < -0.3 is 9.96 Å². The number of rotatable bonds is 12. The van der Waals surface area contributed by atoms with Gasteiger partial charge in [-0.1, -0.05) is 53.4 Å². The molecule has 0 aliphatic heterocycles. The Labute approximate surface area is 110 Å². The lowest BCUT2D eigenvalue weighted by atomic mass is 10.3. The molecule has 104 valence electrons. The molecular formula is C14H34N2Si. The molecule has 0 saturated carbocycles. The van der Waals surface area contributed by atoms with Crippen LogP contribution in [0.3, 0.4) is 0 Å². The zero-order valence-corrected chi connectivity index (χ0v) is 13.6. The average molecular weight is 259 g/mol. The molecule has 0 radical (unpaired) electrons. The molecule has 0 atom stereocenters. The minimum atomic E-state index is -1.37. The van der Waals surface area contributed by atoms with Crippen molar-refractivity contribution >= 4 is 8.40 Å². The molecule has 0 spiro atoms. The Kier molecular flexibility index (Phi) is 11.3. The molecule has 0 bridgehead atoms. The predicted octanol–water partition coefficient (Wildman–Crippen LogP) is 4.03. The first-order valence-electron chi connectivity index (χ1n) is 7.74. The number of hydrogen-bond donors (Lipinski definition) is 2. The summed E-state index contributed by atoms with van der Waals surface area (Å²) in [5.41, 5.74) is 0. The van der Waals surface area contributed by atoms with Crippen molar-refractivity contribution in [3.63, 3.8) is 0 Å². The monoisotopic (exact) mass is 258 g/mol. The summed E-state index contributed by atoms with van der Waals surface area (Å²) in [6.07, 6.45) is 7.85. The topological polar surface area (TPSA) is 24.1 Å². The van der Waals surface area contributed by atoms with Crippen molar-refractivity contribution in [2.45, 2.75) is 78.3 Å². The van der Waals surface area contributed by atoms with Crippen LogP contribution in [0.5, 0.6) is 0 Å². The number of nitrogens with one attached hydrogen (secondary N) is 2. The van der Waals surface area contributed by atoms with E-state index in [1.807, 2.05) is 0 Å². The van der Waals surface area contributed by atoms with Gasteiger partial charge in [0.25, 0.3) is 0 Å². The van der Waals surface area contributed by atoms with Gasteiger partial charge in [0.2, 0.25) is 8.40 Å². The van der Waals surface area contributed by atoms with Crippen molar-refractivity contribution in [2.75, 3.05) is 13.1 Å². The first-order valence-corrected chi connectivity index (χ1v) is 10.2. The zero-order chi connectivity index (χ0) is 13.0. The van der Waals surface area contributed by atoms with Crippen molar-refractivity contribution in [3.05, 3.63) is 0 Å². The lowest BCUT2D eigenvalue weighted by molar-refractivity contribution is 0.684. The fourth-order valence-corrected chi connectivity index (χ4v) is 6.50. The minimum absolute atomic E-state index is 1.21. The highest BCUT2D eigenvalue weighted by atomic mass is 28.3. The molecular weight excluding hydrogens is 224 g/mol. The normalized spacial score (nSPS) is 12.0. The first kappa shape index (κ1) is 17.1. The van der Waals surface area contributed by atoms with Crippen molar-refractivity contribution in [1.82, 2.24) is 9.96 Å². The first-order chi connectivity index (χ1) is 8.24. The predicted molar refractivity (Wildman–Crippen MR) is 81.8 cm³/mol. The van der Waals surface area contributed by atoms with Crippen LogP contribution in [0, 0.1) is 0 Å². The maximum absolute atomic E-state index is 3.92. The van der Waals surface area contributed by atoms with Gasteiger partial charge in [0.1, 0.15) is 0 Å². The van der Waals surface area contributed by atoms with Gasteiger partial charge in [-0.05, 0) is 38.0 Å². The highest BCUT2D eigenvalue weighted by molar-refractivity contribution is 6.75. The van der Waals surface area contributed by atoms with E-state index < -0.39 is 8.40 Å². The molecule has 17 heavy (non-hydrogen) atoms. The molecule has 0 aromatic heterocycles. The van der Waals surface area contributed by atoms with Crippen LogP contribution in [0.4, 0.5) is 0 Å². The highest BCUT2D eigenvalue weighted by Gasteiger charge is 2.30. The quantitative estimate of drug-likeness (QED) is 0.408. The summed E-state index contributed by atoms with van der Waals surface area (Å²) in [5.74, 6) is 0. The van der Waals surface area contributed by atoms with Crippen molar-refractivity contribution in [3.8, 4) is 0 Å². The smallest absolute Gasteiger partial charge is 0.201 e. The second kappa shape index (κ2) is 11.2. The summed E-state index contributed by atoms with van der Waals surface area (Å²) >= 11 is 0. The lowest BCUT2D eigenvalue weighted by Gasteiger charge is -2.33. The van der Waals surface area contributed by atoms with E-state index in [2.05, 4.69) is 37.7 Å². The fraction of sp³-hybridized carbons (Fsp3) is 1.00. The standard InChI is InChI=1S/C14H34N2Si/c1-5-9-11-15-17(13-7-3,14-8-4)16-12-10-6-2/h15-16H,5-14H2,1-4H3. The van der Waals surface area contributed by atoms with E-state index in [1.165, 1.54) is 63.7 Å². The van der Waals surface area contributed by atoms with E-state index in [9.17, 15) is 0 Å². The van der Waals surface area contributed by atoms with Crippen molar-refractivity contribution in [2.24, 2.45) is 0 Å². The maximum Gasteiger partial charge on any atom is 0.201 e. The van der Waals surface area contributed by atoms with E-state index in [0.29, 0.717) is 0 Å². The fourth-order valence-electron chi connectivity index (χ4n) is 2.40. The van der Waals surface area contributed by atoms with Crippen LogP contribution >= 0.6 is 0 Å². The minimum Gasteiger partial charge on any atom is -0.325 e. The van der Waals surface area contributed by atoms with Gasteiger partial charge in [-0.15, -0.1) is 0 Å².